The average molecular weight is 359 g/mol. The van der Waals surface area contributed by atoms with E-state index in [0.717, 1.165) is 0 Å². The van der Waals surface area contributed by atoms with Crippen molar-refractivity contribution in [1.29, 1.82) is 0 Å². The highest BCUT2D eigenvalue weighted by molar-refractivity contribution is 6.08. The van der Waals surface area contributed by atoms with Crippen LogP contribution in [0.3, 0.4) is 0 Å². The summed E-state index contributed by atoms with van der Waals surface area (Å²) in [5, 5.41) is 14.5. The van der Waals surface area contributed by atoms with Crippen LogP contribution in [0.5, 0.6) is 0 Å². The Morgan fingerprint density at radius 2 is 1.69 bits per heavy atom. The molecule has 26 heavy (non-hydrogen) atoms. The third-order valence-corrected chi connectivity index (χ3v) is 4.76. The number of hydrogen-bond donors (Lipinski definition) is 2. The molecule has 0 unspecified atom stereocenters. The molecule has 0 radical (unpaired) electrons. The Bertz CT molecular complexity index is 942. The number of halogens is 2. The van der Waals surface area contributed by atoms with Gasteiger partial charge in [0.25, 0.3) is 0 Å². The maximum absolute atomic E-state index is 13.7. The maximum atomic E-state index is 13.7. The van der Waals surface area contributed by atoms with Gasteiger partial charge in [-0.3, -0.25) is 0 Å². The van der Waals surface area contributed by atoms with Crippen molar-refractivity contribution in [2.45, 2.75) is 25.6 Å². The molecule has 4 rings (SSSR count). The molecule has 2 aromatic carbocycles. The molecule has 2 N–H and O–H groups in total. The van der Waals surface area contributed by atoms with Crippen LogP contribution in [-0.2, 0) is 6.54 Å². The van der Waals surface area contributed by atoms with E-state index in [1.54, 1.807) is 17.0 Å². The molecule has 1 aliphatic heterocycles. The minimum absolute atomic E-state index is 0.0499. The summed E-state index contributed by atoms with van der Waals surface area (Å²) in [5.74, 6) is -0.798. The van der Waals surface area contributed by atoms with Crippen LogP contribution in [0, 0.1) is 11.6 Å². The summed E-state index contributed by atoms with van der Waals surface area (Å²) >= 11 is 0. The molecule has 1 aromatic heterocycles. The second-order valence-electron chi connectivity index (χ2n) is 6.84. The Morgan fingerprint density at radius 3 is 2.19 bits per heavy atom. The molecule has 136 valence electrons. The summed E-state index contributed by atoms with van der Waals surface area (Å²) in [7, 11) is 0. The Labute approximate surface area is 148 Å². The van der Waals surface area contributed by atoms with Crippen molar-refractivity contribution in [3.8, 4) is 0 Å². The lowest BCUT2D eigenvalue weighted by Crippen LogP contribution is -2.37. The van der Waals surface area contributed by atoms with Gasteiger partial charge in [0, 0.05) is 34.4 Å². The standard InChI is InChI=1S/C19H19F2N3O2/c1-11-8-23(19(26)22-11)9-14(25)10-24-17-4-2-12(20)6-15(17)16-7-13(21)3-5-18(16)24/h2-7,11,14,25H,8-10H2,1H3,(H,22,26)/t11-,14-/m0/s1. The van der Waals surface area contributed by atoms with Crippen LogP contribution in [0.25, 0.3) is 21.8 Å². The number of rotatable bonds is 4. The van der Waals surface area contributed by atoms with E-state index in [1.165, 1.54) is 24.3 Å². The predicted octanol–water partition coefficient (Wildman–Crippen LogP) is 2.85. The number of amides is 2. The molecule has 0 spiro atoms. The van der Waals surface area contributed by atoms with Gasteiger partial charge in [0.05, 0.1) is 19.2 Å². The number of nitrogens with zero attached hydrogens (tertiary/aromatic N) is 2. The number of benzene rings is 2. The second-order valence-corrected chi connectivity index (χ2v) is 6.84. The molecule has 0 saturated carbocycles. The van der Waals surface area contributed by atoms with E-state index in [2.05, 4.69) is 5.32 Å². The number of fused-ring (bicyclic) bond motifs is 3. The van der Waals surface area contributed by atoms with E-state index in [4.69, 9.17) is 0 Å². The molecular formula is C19H19F2N3O2. The monoisotopic (exact) mass is 359 g/mol. The third kappa shape index (κ3) is 2.88. The number of hydrogen-bond acceptors (Lipinski definition) is 2. The Hall–Kier alpha value is -2.67. The summed E-state index contributed by atoms with van der Waals surface area (Å²) in [6, 6.07) is 8.54. The second kappa shape index (κ2) is 6.25. The zero-order valence-electron chi connectivity index (χ0n) is 14.2. The lowest BCUT2D eigenvalue weighted by Gasteiger charge is -2.20. The van der Waals surface area contributed by atoms with Crippen LogP contribution in [0.15, 0.2) is 36.4 Å². The minimum atomic E-state index is -0.806. The fourth-order valence-electron chi connectivity index (χ4n) is 3.69. The van der Waals surface area contributed by atoms with Gasteiger partial charge in [0.15, 0.2) is 0 Å². The van der Waals surface area contributed by atoms with Gasteiger partial charge in [-0.25, -0.2) is 13.6 Å². The number of aliphatic hydroxyl groups excluding tert-OH is 1. The number of urea groups is 1. The van der Waals surface area contributed by atoms with Crippen LogP contribution < -0.4 is 5.32 Å². The molecule has 7 heteroatoms. The first-order chi connectivity index (χ1) is 12.4. The average Bonchev–Trinajstić information content (AvgIpc) is 3.04. The number of carbonyl (C=O) groups excluding carboxylic acids is 1. The molecule has 1 saturated heterocycles. The van der Waals surface area contributed by atoms with Crippen molar-refractivity contribution in [3.05, 3.63) is 48.0 Å². The first kappa shape index (κ1) is 16.8. The van der Waals surface area contributed by atoms with E-state index in [-0.39, 0.29) is 25.2 Å². The molecule has 1 aliphatic rings. The Kier molecular flexibility index (Phi) is 4.03. The van der Waals surface area contributed by atoms with Crippen LogP contribution in [0.1, 0.15) is 6.92 Å². The van der Waals surface area contributed by atoms with Gasteiger partial charge in [0.2, 0.25) is 0 Å². The first-order valence-electron chi connectivity index (χ1n) is 8.53. The van der Waals surface area contributed by atoms with E-state index < -0.39 is 17.7 Å². The molecule has 1 fully saturated rings. The van der Waals surface area contributed by atoms with E-state index >= 15 is 0 Å². The molecule has 0 bridgehead atoms. The Morgan fingerprint density at radius 1 is 1.12 bits per heavy atom. The van der Waals surface area contributed by atoms with Gasteiger partial charge in [-0.05, 0) is 43.3 Å². The van der Waals surface area contributed by atoms with E-state index in [9.17, 15) is 18.7 Å². The largest absolute Gasteiger partial charge is 0.389 e. The van der Waals surface area contributed by atoms with Gasteiger partial charge in [-0.2, -0.15) is 0 Å². The SMILES string of the molecule is C[C@H]1CN(C[C@H](O)Cn2c3ccc(F)cc3c3cc(F)ccc32)C(=O)N1. The first-order valence-corrected chi connectivity index (χ1v) is 8.53. The lowest BCUT2D eigenvalue weighted by molar-refractivity contribution is 0.117. The maximum Gasteiger partial charge on any atom is 0.317 e. The van der Waals surface area contributed by atoms with E-state index in [0.29, 0.717) is 28.4 Å². The number of carbonyl (C=O) groups is 1. The molecule has 5 nitrogen and oxygen atoms in total. The van der Waals surface area contributed by atoms with Crippen LogP contribution >= 0.6 is 0 Å². The van der Waals surface area contributed by atoms with Crippen molar-refractivity contribution in [3.63, 3.8) is 0 Å². The van der Waals surface area contributed by atoms with Crippen molar-refractivity contribution in [1.82, 2.24) is 14.8 Å². The van der Waals surface area contributed by atoms with Gasteiger partial charge in [0.1, 0.15) is 11.6 Å². The predicted molar refractivity (Wildman–Crippen MR) is 94.9 cm³/mol. The van der Waals surface area contributed by atoms with Crippen molar-refractivity contribution < 1.29 is 18.7 Å². The normalized spacial score (nSPS) is 18.7. The minimum Gasteiger partial charge on any atom is -0.389 e. The van der Waals surface area contributed by atoms with Gasteiger partial charge in [-0.1, -0.05) is 0 Å². The molecule has 3 aromatic rings. The van der Waals surface area contributed by atoms with Crippen LogP contribution in [0.4, 0.5) is 13.6 Å². The van der Waals surface area contributed by atoms with Crippen LogP contribution in [0.2, 0.25) is 0 Å². The lowest BCUT2D eigenvalue weighted by atomic mass is 10.1. The van der Waals surface area contributed by atoms with Crippen molar-refractivity contribution >= 4 is 27.8 Å². The number of aliphatic hydroxyl groups is 1. The molecule has 2 atom stereocenters. The third-order valence-electron chi connectivity index (χ3n) is 4.76. The highest BCUT2D eigenvalue weighted by Gasteiger charge is 2.27. The topological polar surface area (TPSA) is 57.5 Å². The molecular weight excluding hydrogens is 340 g/mol. The van der Waals surface area contributed by atoms with Gasteiger partial charge in [-0.15, -0.1) is 0 Å². The smallest absolute Gasteiger partial charge is 0.317 e. The number of nitrogens with one attached hydrogen (secondary N) is 1. The zero-order chi connectivity index (χ0) is 18.4. The fraction of sp³-hybridized carbons (Fsp3) is 0.316. The summed E-state index contributed by atoms with van der Waals surface area (Å²) in [4.78, 5) is 13.4. The van der Waals surface area contributed by atoms with Gasteiger partial charge >= 0.3 is 6.03 Å². The molecule has 0 aliphatic carbocycles. The Balaban J connectivity index is 1.70. The zero-order valence-corrected chi connectivity index (χ0v) is 14.2. The van der Waals surface area contributed by atoms with E-state index in [1.807, 2.05) is 11.5 Å². The van der Waals surface area contributed by atoms with Crippen LogP contribution in [-0.4, -0.2) is 45.8 Å². The summed E-state index contributed by atoms with van der Waals surface area (Å²) in [5.41, 5.74) is 1.43. The fourth-order valence-corrected chi connectivity index (χ4v) is 3.69. The number of β-amino-alcohol motifs (C(OH)–C–C–N with tert-alkyl or cyclic N) is 1. The summed E-state index contributed by atoms with van der Waals surface area (Å²) in [6.07, 6.45) is -0.806. The highest BCUT2D eigenvalue weighted by Crippen LogP contribution is 2.30. The van der Waals surface area contributed by atoms with Crippen molar-refractivity contribution in [2.24, 2.45) is 0 Å². The molecule has 2 heterocycles. The molecule has 2 amide bonds. The quantitative estimate of drug-likeness (QED) is 0.753. The van der Waals surface area contributed by atoms with Gasteiger partial charge < -0.3 is 19.9 Å². The summed E-state index contributed by atoms with van der Waals surface area (Å²) < 4.78 is 29.2. The van der Waals surface area contributed by atoms with Crippen molar-refractivity contribution in [2.75, 3.05) is 13.1 Å². The highest BCUT2D eigenvalue weighted by atomic mass is 19.1. The number of aromatic nitrogens is 1. The summed E-state index contributed by atoms with van der Waals surface area (Å²) in [6.45, 7) is 2.86.